The quantitative estimate of drug-likeness (QED) is 0.347. The number of H-pyrrole nitrogens is 1. The molecule has 1 fully saturated rings. The van der Waals surface area contributed by atoms with Crippen molar-refractivity contribution in [3.8, 4) is 5.75 Å². The molecule has 8 nitrogen and oxygen atoms in total. The van der Waals surface area contributed by atoms with Crippen molar-refractivity contribution in [2.75, 3.05) is 25.4 Å². The Balaban J connectivity index is 1.37. The maximum absolute atomic E-state index is 13.5. The van der Waals surface area contributed by atoms with Gasteiger partial charge in [-0.3, -0.25) is 4.79 Å². The van der Waals surface area contributed by atoms with Gasteiger partial charge >= 0.3 is 0 Å². The summed E-state index contributed by atoms with van der Waals surface area (Å²) in [6.07, 6.45) is -0.714. The first kappa shape index (κ1) is 24.4. The highest BCUT2D eigenvalue weighted by molar-refractivity contribution is 7.99. The standard InChI is InChI=1S/C26H26N4O4S2/c1-2-34-20-13-14-22-23(17-20)28-26(27-22)35-18-24(31)29-15-16-30(25(29)19-9-5-3-6-10-19)36(32,33)21-11-7-4-8-12-21/h3-14,17,25H,2,15-16,18H2,1H3,(H,27,28)/t25-/m0/s1. The molecule has 0 spiro atoms. The fourth-order valence-electron chi connectivity index (χ4n) is 4.32. The van der Waals surface area contributed by atoms with Gasteiger partial charge in [-0.1, -0.05) is 60.3 Å². The van der Waals surface area contributed by atoms with E-state index < -0.39 is 16.2 Å². The van der Waals surface area contributed by atoms with Crippen molar-refractivity contribution in [3.05, 3.63) is 84.4 Å². The molecule has 4 aromatic rings. The largest absolute Gasteiger partial charge is 0.494 e. The Morgan fingerprint density at radius 2 is 1.78 bits per heavy atom. The van der Waals surface area contributed by atoms with Gasteiger partial charge in [-0.15, -0.1) is 0 Å². The van der Waals surface area contributed by atoms with Gasteiger partial charge in [-0.05, 0) is 36.8 Å². The van der Waals surface area contributed by atoms with Crippen LogP contribution in [0.3, 0.4) is 0 Å². The zero-order valence-electron chi connectivity index (χ0n) is 19.7. The van der Waals surface area contributed by atoms with Crippen molar-refractivity contribution in [3.63, 3.8) is 0 Å². The molecule has 0 saturated carbocycles. The summed E-state index contributed by atoms with van der Waals surface area (Å²) >= 11 is 1.30. The molecule has 1 amide bonds. The van der Waals surface area contributed by atoms with Crippen molar-refractivity contribution in [2.45, 2.75) is 23.1 Å². The zero-order chi connectivity index (χ0) is 25.1. The van der Waals surface area contributed by atoms with Gasteiger partial charge in [0.15, 0.2) is 5.16 Å². The van der Waals surface area contributed by atoms with Gasteiger partial charge in [-0.25, -0.2) is 13.4 Å². The number of hydrogen-bond donors (Lipinski definition) is 1. The van der Waals surface area contributed by atoms with Crippen LogP contribution in [0.25, 0.3) is 11.0 Å². The summed E-state index contributed by atoms with van der Waals surface area (Å²) in [5.74, 6) is 0.722. The Bertz CT molecular complexity index is 1460. The molecule has 186 valence electrons. The van der Waals surface area contributed by atoms with E-state index in [2.05, 4.69) is 9.97 Å². The number of nitrogens with zero attached hydrogens (tertiary/aromatic N) is 3. The summed E-state index contributed by atoms with van der Waals surface area (Å²) in [5.41, 5.74) is 2.37. The van der Waals surface area contributed by atoms with Crippen LogP contribution in [0.15, 0.2) is 88.9 Å². The number of aromatic nitrogens is 2. The number of hydrogen-bond acceptors (Lipinski definition) is 6. The van der Waals surface area contributed by atoms with Crippen molar-refractivity contribution >= 4 is 38.7 Å². The Morgan fingerprint density at radius 3 is 2.50 bits per heavy atom. The van der Waals surface area contributed by atoms with E-state index in [0.29, 0.717) is 18.3 Å². The third-order valence-electron chi connectivity index (χ3n) is 5.97. The molecule has 0 aliphatic carbocycles. The fourth-order valence-corrected chi connectivity index (χ4v) is 6.68. The lowest BCUT2D eigenvalue weighted by molar-refractivity contribution is -0.130. The number of carbonyl (C=O) groups excluding carboxylic acids is 1. The normalized spacial score (nSPS) is 16.5. The fraction of sp³-hybridized carbons (Fsp3) is 0.231. The first-order chi connectivity index (χ1) is 17.5. The number of aromatic amines is 1. The van der Waals surface area contributed by atoms with Crippen LogP contribution in [0.1, 0.15) is 18.7 Å². The van der Waals surface area contributed by atoms with Crippen LogP contribution in [-0.2, 0) is 14.8 Å². The number of benzene rings is 3. The number of imidazole rings is 1. The van der Waals surface area contributed by atoms with Crippen molar-refractivity contribution in [1.29, 1.82) is 0 Å². The summed E-state index contributed by atoms with van der Waals surface area (Å²) in [7, 11) is -3.79. The molecule has 0 radical (unpaired) electrons. The van der Waals surface area contributed by atoms with Gasteiger partial charge in [0.1, 0.15) is 11.9 Å². The van der Waals surface area contributed by atoms with Crippen molar-refractivity contribution < 1.29 is 17.9 Å². The second-order valence-corrected chi connectivity index (χ2v) is 11.1. The van der Waals surface area contributed by atoms with E-state index in [1.54, 1.807) is 35.2 Å². The number of rotatable bonds is 8. The topological polar surface area (TPSA) is 95.6 Å². The molecule has 0 unspecified atom stereocenters. The third kappa shape index (κ3) is 4.84. The van der Waals surface area contributed by atoms with Crippen LogP contribution in [0.4, 0.5) is 0 Å². The maximum Gasteiger partial charge on any atom is 0.245 e. The second kappa shape index (κ2) is 10.3. The summed E-state index contributed by atoms with van der Waals surface area (Å²) in [6, 6.07) is 23.2. The molecule has 0 bridgehead atoms. The molecule has 5 rings (SSSR count). The first-order valence-electron chi connectivity index (χ1n) is 11.6. The molecule has 1 aliphatic rings. The Morgan fingerprint density at radius 1 is 1.06 bits per heavy atom. The lowest BCUT2D eigenvalue weighted by atomic mass is 10.1. The molecule has 1 aromatic heterocycles. The molecular formula is C26H26N4O4S2. The highest BCUT2D eigenvalue weighted by Crippen LogP contribution is 2.35. The Kier molecular flexibility index (Phi) is 6.99. The van der Waals surface area contributed by atoms with Crippen LogP contribution in [-0.4, -0.2) is 58.9 Å². The predicted octanol–water partition coefficient (Wildman–Crippen LogP) is 4.29. The molecule has 1 N–H and O–H groups in total. The van der Waals surface area contributed by atoms with Gasteiger partial charge in [0.05, 0.1) is 28.3 Å². The summed E-state index contributed by atoms with van der Waals surface area (Å²) in [5, 5.41) is 0.621. The van der Waals surface area contributed by atoms with E-state index in [-0.39, 0.29) is 23.1 Å². The summed E-state index contributed by atoms with van der Waals surface area (Å²) in [4.78, 5) is 23.0. The average molecular weight is 523 g/mol. The minimum Gasteiger partial charge on any atom is -0.494 e. The smallest absolute Gasteiger partial charge is 0.245 e. The van der Waals surface area contributed by atoms with Gasteiger partial charge < -0.3 is 14.6 Å². The van der Waals surface area contributed by atoms with Crippen molar-refractivity contribution in [1.82, 2.24) is 19.2 Å². The lowest BCUT2D eigenvalue weighted by Gasteiger charge is -2.30. The van der Waals surface area contributed by atoms with Gasteiger partial charge in [0.2, 0.25) is 15.9 Å². The molecule has 1 saturated heterocycles. The van der Waals surface area contributed by atoms with E-state index in [1.807, 2.05) is 55.5 Å². The molecule has 36 heavy (non-hydrogen) atoms. The number of ether oxygens (including phenoxy) is 1. The second-order valence-electron chi connectivity index (χ2n) is 8.24. The number of fused-ring (bicyclic) bond motifs is 1. The molecule has 1 atom stereocenters. The Hall–Kier alpha value is -3.34. The van der Waals surface area contributed by atoms with E-state index in [0.717, 1.165) is 22.3 Å². The van der Waals surface area contributed by atoms with Crippen LogP contribution in [0.5, 0.6) is 5.75 Å². The first-order valence-corrected chi connectivity index (χ1v) is 14.1. The molecule has 2 heterocycles. The van der Waals surface area contributed by atoms with E-state index in [1.165, 1.54) is 16.1 Å². The predicted molar refractivity (Wildman–Crippen MR) is 139 cm³/mol. The minimum atomic E-state index is -3.79. The molecular weight excluding hydrogens is 496 g/mol. The maximum atomic E-state index is 13.5. The van der Waals surface area contributed by atoms with Crippen LogP contribution in [0, 0.1) is 0 Å². The summed E-state index contributed by atoms with van der Waals surface area (Å²) < 4.78 is 33.9. The van der Waals surface area contributed by atoms with Crippen LogP contribution in [0.2, 0.25) is 0 Å². The molecule has 1 aliphatic heterocycles. The summed E-state index contributed by atoms with van der Waals surface area (Å²) in [6.45, 7) is 3.03. The Labute approximate surface area is 214 Å². The number of amides is 1. The number of sulfonamides is 1. The number of carbonyl (C=O) groups is 1. The average Bonchev–Trinajstić information content (AvgIpc) is 3.53. The number of thioether (sulfide) groups is 1. The van der Waals surface area contributed by atoms with E-state index >= 15 is 0 Å². The highest BCUT2D eigenvalue weighted by atomic mass is 32.2. The molecule has 3 aromatic carbocycles. The molecule has 10 heteroatoms. The SMILES string of the molecule is CCOc1ccc2nc(SCC(=O)N3CCN(S(=O)(=O)c4ccccc4)[C@H]3c3ccccc3)[nH]c2c1. The van der Waals surface area contributed by atoms with E-state index in [4.69, 9.17) is 4.74 Å². The number of nitrogens with one attached hydrogen (secondary N) is 1. The zero-order valence-corrected chi connectivity index (χ0v) is 21.3. The van der Waals surface area contributed by atoms with Crippen molar-refractivity contribution in [2.24, 2.45) is 0 Å². The van der Waals surface area contributed by atoms with Crippen LogP contribution < -0.4 is 4.74 Å². The third-order valence-corrected chi connectivity index (χ3v) is 8.70. The van der Waals surface area contributed by atoms with E-state index in [9.17, 15) is 13.2 Å². The van der Waals surface area contributed by atoms with Gasteiger partial charge in [0.25, 0.3) is 0 Å². The monoisotopic (exact) mass is 522 g/mol. The van der Waals surface area contributed by atoms with Gasteiger partial charge in [-0.2, -0.15) is 4.31 Å². The minimum absolute atomic E-state index is 0.126. The highest BCUT2D eigenvalue weighted by Gasteiger charge is 2.43. The lowest BCUT2D eigenvalue weighted by Crippen LogP contribution is -2.38. The van der Waals surface area contributed by atoms with Crippen LogP contribution >= 0.6 is 11.8 Å². The van der Waals surface area contributed by atoms with Gasteiger partial charge in [0, 0.05) is 19.2 Å².